The standard InChI is InChI=1S/C19H28N4O3/c1-3-6-16(24)22-11-9-14-13(12-22)19(26)21-18(20-14)15-8-5-10-23(15)17(25)7-4-2/h15H,3-12H2,1-2H3,(H,20,21,26)/t15-/m1/s1. The number of nitrogens with one attached hydrogen (secondary N) is 1. The average molecular weight is 360 g/mol. The topological polar surface area (TPSA) is 86.4 Å². The molecule has 0 aliphatic carbocycles. The summed E-state index contributed by atoms with van der Waals surface area (Å²) in [6, 6.07) is -0.133. The highest BCUT2D eigenvalue weighted by atomic mass is 16.2. The normalized spacial score (nSPS) is 19.5. The van der Waals surface area contributed by atoms with Crippen LogP contribution in [0.25, 0.3) is 0 Å². The smallest absolute Gasteiger partial charge is 0.256 e. The predicted octanol–water partition coefficient (Wildman–Crippen LogP) is 1.92. The largest absolute Gasteiger partial charge is 0.338 e. The average Bonchev–Trinajstić information content (AvgIpc) is 3.11. The van der Waals surface area contributed by atoms with Crippen LogP contribution in [0.5, 0.6) is 0 Å². The molecule has 1 saturated heterocycles. The lowest BCUT2D eigenvalue weighted by atomic mass is 10.1. The van der Waals surface area contributed by atoms with E-state index in [1.165, 1.54) is 0 Å². The van der Waals surface area contributed by atoms with Crippen LogP contribution >= 0.6 is 0 Å². The molecule has 7 nitrogen and oxygen atoms in total. The molecule has 0 spiro atoms. The highest BCUT2D eigenvalue weighted by molar-refractivity contribution is 5.77. The second-order valence-corrected chi connectivity index (χ2v) is 7.19. The number of rotatable bonds is 5. The molecular formula is C19H28N4O3. The van der Waals surface area contributed by atoms with Crippen molar-refractivity contribution in [2.24, 2.45) is 0 Å². The third-order valence-corrected chi connectivity index (χ3v) is 5.26. The number of amides is 2. The molecule has 1 aromatic rings. The number of hydrogen-bond acceptors (Lipinski definition) is 4. The number of nitrogens with zero attached hydrogens (tertiary/aromatic N) is 3. The number of aromatic amines is 1. The van der Waals surface area contributed by atoms with Gasteiger partial charge in [-0.15, -0.1) is 0 Å². The Balaban J connectivity index is 1.83. The second-order valence-electron chi connectivity index (χ2n) is 7.19. The maximum atomic E-state index is 12.6. The zero-order valence-corrected chi connectivity index (χ0v) is 15.7. The van der Waals surface area contributed by atoms with Crippen molar-refractivity contribution in [1.29, 1.82) is 0 Å². The van der Waals surface area contributed by atoms with Crippen LogP contribution in [0.1, 0.15) is 75.5 Å². The zero-order chi connectivity index (χ0) is 18.7. The van der Waals surface area contributed by atoms with Crippen LogP contribution in [0.3, 0.4) is 0 Å². The first-order chi connectivity index (χ1) is 12.5. The van der Waals surface area contributed by atoms with Gasteiger partial charge in [0.1, 0.15) is 5.82 Å². The van der Waals surface area contributed by atoms with Crippen LogP contribution in [-0.4, -0.2) is 44.7 Å². The summed E-state index contributed by atoms with van der Waals surface area (Å²) in [6.07, 6.45) is 5.02. The minimum absolute atomic E-state index is 0.0914. The Morgan fingerprint density at radius 2 is 1.88 bits per heavy atom. The highest BCUT2D eigenvalue weighted by Crippen LogP contribution is 2.30. The molecule has 2 amide bonds. The molecule has 0 radical (unpaired) electrons. The van der Waals surface area contributed by atoms with Crippen molar-refractivity contribution in [1.82, 2.24) is 19.8 Å². The summed E-state index contributed by atoms with van der Waals surface area (Å²) in [5.74, 6) is 0.824. The number of H-pyrrole nitrogens is 1. The van der Waals surface area contributed by atoms with Crippen molar-refractivity contribution in [2.45, 2.75) is 71.4 Å². The first kappa shape index (κ1) is 18.6. The minimum atomic E-state index is -0.172. The molecular weight excluding hydrogens is 332 g/mol. The van der Waals surface area contributed by atoms with Crippen molar-refractivity contribution in [3.05, 3.63) is 27.4 Å². The number of carbonyl (C=O) groups excluding carboxylic acids is 2. The van der Waals surface area contributed by atoms with E-state index in [2.05, 4.69) is 4.98 Å². The molecule has 7 heteroatoms. The monoisotopic (exact) mass is 360 g/mol. The Morgan fingerprint density at radius 1 is 1.15 bits per heavy atom. The Morgan fingerprint density at radius 3 is 2.62 bits per heavy atom. The molecule has 26 heavy (non-hydrogen) atoms. The Hall–Kier alpha value is -2.18. The van der Waals surface area contributed by atoms with Gasteiger partial charge in [-0.05, 0) is 25.7 Å². The van der Waals surface area contributed by atoms with Gasteiger partial charge in [0.2, 0.25) is 11.8 Å². The molecule has 1 N–H and O–H groups in total. The van der Waals surface area contributed by atoms with Gasteiger partial charge in [-0.3, -0.25) is 14.4 Å². The number of likely N-dealkylation sites (tertiary alicyclic amines) is 1. The van der Waals surface area contributed by atoms with Gasteiger partial charge < -0.3 is 14.8 Å². The van der Waals surface area contributed by atoms with Gasteiger partial charge in [0, 0.05) is 32.4 Å². The molecule has 2 aliphatic rings. The van der Waals surface area contributed by atoms with Crippen LogP contribution in [-0.2, 0) is 22.6 Å². The minimum Gasteiger partial charge on any atom is -0.338 e. The Kier molecular flexibility index (Phi) is 5.74. The molecule has 1 fully saturated rings. The van der Waals surface area contributed by atoms with E-state index < -0.39 is 0 Å². The third-order valence-electron chi connectivity index (χ3n) is 5.26. The van der Waals surface area contributed by atoms with Gasteiger partial charge in [0.05, 0.1) is 23.8 Å². The van der Waals surface area contributed by atoms with Gasteiger partial charge in [0.25, 0.3) is 5.56 Å². The van der Waals surface area contributed by atoms with Crippen LogP contribution in [0.15, 0.2) is 4.79 Å². The molecule has 1 aromatic heterocycles. The lowest BCUT2D eigenvalue weighted by Gasteiger charge is -2.29. The van der Waals surface area contributed by atoms with Crippen LogP contribution in [0.4, 0.5) is 0 Å². The molecule has 0 unspecified atom stereocenters. The first-order valence-corrected chi connectivity index (χ1v) is 9.74. The van der Waals surface area contributed by atoms with Crippen LogP contribution < -0.4 is 5.56 Å². The van der Waals surface area contributed by atoms with Gasteiger partial charge in [-0.2, -0.15) is 0 Å². The number of carbonyl (C=O) groups is 2. The molecule has 0 bridgehead atoms. The lowest BCUT2D eigenvalue weighted by molar-refractivity contribution is -0.133. The van der Waals surface area contributed by atoms with Crippen molar-refractivity contribution >= 4 is 11.8 Å². The fourth-order valence-electron chi connectivity index (χ4n) is 3.89. The quantitative estimate of drug-likeness (QED) is 0.869. The first-order valence-electron chi connectivity index (χ1n) is 9.74. The zero-order valence-electron chi connectivity index (χ0n) is 15.7. The van der Waals surface area contributed by atoms with Gasteiger partial charge in [-0.25, -0.2) is 4.98 Å². The van der Waals surface area contributed by atoms with Crippen molar-refractivity contribution in [2.75, 3.05) is 13.1 Å². The van der Waals surface area contributed by atoms with Gasteiger partial charge >= 0.3 is 0 Å². The molecule has 0 aromatic carbocycles. The SMILES string of the molecule is CCCC(=O)N1CCc2nc([C@H]3CCCN3C(=O)CCC)[nH]c(=O)c2C1. The summed E-state index contributed by atoms with van der Waals surface area (Å²) >= 11 is 0. The van der Waals surface area contributed by atoms with E-state index in [-0.39, 0.29) is 23.4 Å². The van der Waals surface area contributed by atoms with Gasteiger partial charge in [0.15, 0.2) is 0 Å². The molecule has 142 valence electrons. The number of aromatic nitrogens is 2. The van der Waals surface area contributed by atoms with Crippen LogP contribution in [0.2, 0.25) is 0 Å². The van der Waals surface area contributed by atoms with E-state index in [0.717, 1.165) is 37.9 Å². The van der Waals surface area contributed by atoms with Crippen molar-refractivity contribution in [3.8, 4) is 0 Å². The Labute approximate surface area is 153 Å². The summed E-state index contributed by atoms with van der Waals surface area (Å²) in [6.45, 7) is 5.63. The molecule has 0 saturated carbocycles. The second kappa shape index (κ2) is 8.01. The van der Waals surface area contributed by atoms with Crippen molar-refractivity contribution < 1.29 is 9.59 Å². The Bertz CT molecular complexity index is 743. The van der Waals surface area contributed by atoms with E-state index >= 15 is 0 Å². The molecule has 3 rings (SSSR count). The number of fused-ring (bicyclic) bond motifs is 1. The number of hydrogen-bond donors (Lipinski definition) is 1. The molecule has 1 atom stereocenters. The molecule has 2 aliphatic heterocycles. The van der Waals surface area contributed by atoms with Gasteiger partial charge in [-0.1, -0.05) is 13.8 Å². The van der Waals surface area contributed by atoms with Crippen LogP contribution in [0, 0.1) is 0 Å². The summed E-state index contributed by atoms with van der Waals surface area (Å²) < 4.78 is 0. The summed E-state index contributed by atoms with van der Waals surface area (Å²) in [4.78, 5) is 48.3. The van der Waals surface area contributed by atoms with E-state index in [4.69, 9.17) is 4.98 Å². The fraction of sp³-hybridized carbons (Fsp3) is 0.684. The van der Waals surface area contributed by atoms with E-state index in [1.807, 2.05) is 18.7 Å². The fourth-order valence-corrected chi connectivity index (χ4v) is 3.89. The van der Waals surface area contributed by atoms with E-state index in [9.17, 15) is 14.4 Å². The lowest BCUT2D eigenvalue weighted by Crippen LogP contribution is -2.40. The predicted molar refractivity (Wildman–Crippen MR) is 97.5 cm³/mol. The highest BCUT2D eigenvalue weighted by Gasteiger charge is 2.32. The maximum absolute atomic E-state index is 12.6. The summed E-state index contributed by atoms with van der Waals surface area (Å²) in [5, 5.41) is 0. The maximum Gasteiger partial charge on any atom is 0.256 e. The van der Waals surface area contributed by atoms with E-state index in [1.54, 1.807) is 4.90 Å². The summed E-state index contributed by atoms with van der Waals surface area (Å²) in [5.41, 5.74) is 1.20. The van der Waals surface area contributed by atoms with Crippen molar-refractivity contribution in [3.63, 3.8) is 0 Å². The molecule has 3 heterocycles. The summed E-state index contributed by atoms with van der Waals surface area (Å²) in [7, 11) is 0. The third kappa shape index (κ3) is 3.66. The van der Waals surface area contributed by atoms with E-state index in [0.29, 0.717) is 43.7 Å².